The van der Waals surface area contributed by atoms with Crippen LogP contribution in [0.25, 0.3) is 10.8 Å². The molecule has 29 heavy (non-hydrogen) atoms. The number of fused-ring (bicyclic) bond motifs is 1. The first kappa shape index (κ1) is 18.8. The summed E-state index contributed by atoms with van der Waals surface area (Å²) in [6.45, 7) is 2.70. The Bertz CT molecular complexity index is 1140. The molecule has 1 atom stereocenters. The highest BCUT2D eigenvalue weighted by atomic mass is 16.2. The first-order valence-corrected chi connectivity index (χ1v) is 9.54. The Balaban J connectivity index is 1.53. The SMILES string of the molecule is Cc1cccc(NC(=O)C2CCCN(C(=O)c3n[nH]c(=O)c4ccccc34)C2)n1. The maximum Gasteiger partial charge on any atom is 0.274 e. The quantitative estimate of drug-likeness (QED) is 0.711. The molecule has 0 radical (unpaired) electrons. The molecule has 0 spiro atoms. The highest BCUT2D eigenvalue weighted by Crippen LogP contribution is 2.22. The first-order chi connectivity index (χ1) is 14.0. The van der Waals surface area contributed by atoms with Crippen LogP contribution in [0.5, 0.6) is 0 Å². The highest BCUT2D eigenvalue weighted by Gasteiger charge is 2.30. The van der Waals surface area contributed by atoms with Crippen LogP contribution in [-0.4, -0.2) is 45.0 Å². The predicted octanol–water partition coefficient (Wildman–Crippen LogP) is 2.12. The molecule has 1 aliphatic rings. The minimum absolute atomic E-state index is 0.153. The number of aromatic amines is 1. The molecule has 2 aromatic heterocycles. The third-order valence-corrected chi connectivity index (χ3v) is 5.12. The summed E-state index contributed by atoms with van der Waals surface area (Å²) in [5.74, 6) is -0.265. The van der Waals surface area contributed by atoms with Gasteiger partial charge in [0.2, 0.25) is 5.91 Å². The minimum Gasteiger partial charge on any atom is -0.336 e. The molecule has 1 fully saturated rings. The lowest BCUT2D eigenvalue weighted by molar-refractivity contribution is -0.121. The zero-order chi connectivity index (χ0) is 20.4. The molecular weight excluding hydrogens is 370 g/mol. The van der Waals surface area contributed by atoms with Gasteiger partial charge in [0, 0.05) is 24.2 Å². The maximum atomic E-state index is 13.1. The van der Waals surface area contributed by atoms with Crippen LogP contribution in [0.1, 0.15) is 29.0 Å². The lowest BCUT2D eigenvalue weighted by Crippen LogP contribution is -2.44. The van der Waals surface area contributed by atoms with Gasteiger partial charge in [-0.05, 0) is 38.0 Å². The number of carbonyl (C=O) groups is 2. The van der Waals surface area contributed by atoms with Crippen molar-refractivity contribution in [1.82, 2.24) is 20.1 Å². The van der Waals surface area contributed by atoms with Gasteiger partial charge in [0.25, 0.3) is 11.5 Å². The fourth-order valence-electron chi connectivity index (χ4n) is 3.64. The molecule has 2 N–H and O–H groups in total. The third-order valence-electron chi connectivity index (χ3n) is 5.12. The van der Waals surface area contributed by atoms with Gasteiger partial charge in [-0.1, -0.05) is 24.3 Å². The number of hydrogen-bond acceptors (Lipinski definition) is 5. The Labute approximate surface area is 167 Å². The summed E-state index contributed by atoms with van der Waals surface area (Å²) in [6.07, 6.45) is 1.41. The molecule has 4 rings (SSSR count). The summed E-state index contributed by atoms with van der Waals surface area (Å²) >= 11 is 0. The van der Waals surface area contributed by atoms with Crippen LogP contribution in [0.3, 0.4) is 0 Å². The number of aryl methyl sites for hydroxylation is 1. The van der Waals surface area contributed by atoms with E-state index in [4.69, 9.17) is 0 Å². The monoisotopic (exact) mass is 391 g/mol. The van der Waals surface area contributed by atoms with E-state index in [0.29, 0.717) is 42.5 Å². The fraction of sp³-hybridized carbons (Fsp3) is 0.286. The number of anilines is 1. The van der Waals surface area contributed by atoms with Crippen molar-refractivity contribution < 1.29 is 9.59 Å². The summed E-state index contributed by atoms with van der Waals surface area (Å²) in [4.78, 5) is 43.7. The molecule has 1 aromatic carbocycles. The van der Waals surface area contributed by atoms with E-state index in [1.165, 1.54) is 0 Å². The third kappa shape index (κ3) is 3.87. The lowest BCUT2D eigenvalue weighted by atomic mass is 9.96. The van der Waals surface area contributed by atoms with Crippen molar-refractivity contribution in [3.8, 4) is 0 Å². The van der Waals surface area contributed by atoms with Crippen molar-refractivity contribution in [3.05, 3.63) is 64.2 Å². The summed E-state index contributed by atoms with van der Waals surface area (Å²) in [6, 6.07) is 12.3. The summed E-state index contributed by atoms with van der Waals surface area (Å²) < 4.78 is 0. The van der Waals surface area contributed by atoms with Crippen LogP contribution in [0.4, 0.5) is 5.82 Å². The number of aromatic nitrogens is 3. The summed E-state index contributed by atoms with van der Waals surface area (Å²) in [7, 11) is 0. The highest BCUT2D eigenvalue weighted by molar-refractivity contribution is 6.05. The number of amides is 2. The van der Waals surface area contributed by atoms with Crippen molar-refractivity contribution in [2.75, 3.05) is 18.4 Å². The maximum absolute atomic E-state index is 13.1. The van der Waals surface area contributed by atoms with Gasteiger partial charge in [-0.3, -0.25) is 14.4 Å². The molecular formula is C21H21N5O3. The number of pyridine rings is 1. The second-order valence-corrected chi connectivity index (χ2v) is 7.19. The number of rotatable bonds is 3. The molecule has 0 bridgehead atoms. The molecule has 1 unspecified atom stereocenters. The van der Waals surface area contributed by atoms with Crippen LogP contribution < -0.4 is 10.9 Å². The van der Waals surface area contributed by atoms with Gasteiger partial charge in [0.05, 0.1) is 11.3 Å². The number of H-pyrrole nitrogens is 1. The van der Waals surface area contributed by atoms with E-state index in [1.54, 1.807) is 35.2 Å². The normalized spacial score (nSPS) is 16.6. The van der Waals surface area contributed by atoms with E-state index in [0.717, 1.165) is 5.69 Å². The smallest absolute Gasteiger partial charge is 0.274 e. The number of nitrogens with one attached hydrogen (secondary N) is 2. The van der Waals surface area contributed by atoms with Crippen molar-refractivity contribution in [2.45, 2.75) is 19.8 Å². The van der Waals surface area contributed by atoms with Crippen molar-refractivity contribution in [3.63, 3.8) is 0 Å². The first-order valence-electron chi connectivity index (χ1n) is 9.54. The van der Waals surface area contributed by atoms with E-state index in [1.807, 2.05) is 19.1 Å². The zero-order valence-electron chi connectivity index (χ0n) is 16.0. The second kappa shape index (κ2) is 7.83. The molecule has 0 aliphatic carbocycles. The minimum atomic E-state index is -0.335. The van der Waals surface area contributed by atoms with Gasteiger partial charge < -0.3 is 10.2 Å². The number of likely N-dealkylation sites (tertiary alicyclic amines) is 1. The van der Waals surface area contributed by atoms with Gasteiger partial charge >= 0.3 is 0 Å². The Morgan fingerprint density at radius 3 is 2.72 bits per heavy atom. The largest absolute Gasteiger partial charge is 0.336 e. The van der Waals surface area contributed by atoms with Crippen LogP contribution in [-0.2, 0) is 4.79 Å². The Morgan fingerprint density at radius 1 is 1.14 bits per heavy atom. The second-order valence-electron chi connectivity index (χ2n) is 7.19. The summed E-state index contributed by atoms with van der Waals surface area (Å²) in [5.41, 5.74) is 0.680. The van der Waals surface area contributed by atoms with Crippen molar-refractivity contribution in [1.29, 1.82) is 0 Å². The molecule has 0 saturated carbocycles. The molecule has 8 heteroatoms. The van der Waals surface area contributed by atoms with Crippen LogP contribution in [0, 0.1) is 12.8 Å². The van der Waals surface area contributed by atoms with E-state index < -0.39 is 0 Å². The van der Waals surface area contributed by atoms with Crippen molar-refractivity contribution in [2.24, 2.45) is 5.92 Å². The lowest BCUT2D eigenvalue weighted by Gasteiger charge is -2.31. The van der Waals surface area contributed by atoms with Gasteiger partial charge in [-0.2, -0.15) is 5.10 Å². The average Bonchev–Trinajstić information content (AvgIpc) is 2.74. The molecule has 2 amide bonds. The molecule has 1 saturated heterocycles. The van der Waals surface area contributed by atoms with Crippen LogP contribution in [0.2, 0.25) is 0 Å². The standard InChI is InChI=1S/C21H21N5O3/c1-13-6-4-10-17(22-13)23-19(27)14-7-5-11-26(12-14)21(29)18-15-8-2-3-9-16(15)20(28)25-24-18/h2-4,6,8-10,14H,5,7,11-12H2,1H3,(H,25,28)(H,22,23,27). The van der Waals surface area contributed by atoms with Gasteiger partial charge in [-0.25, -0.2) is 10.1 Å². The van der Waals surface area contributed by atoms with Crippen molar-refractivity contribution >= 4 is 28.4 Å². The Hall–Kier alpha value is -3.55. The molecule has 1 aliphatic heterocycles. The topological polar surface area (TPSA) is 108 Å². The number of piperidine rings is 1. The van der Waals surface area contributed by atoms with E-state index in [9.17, 15) is 14.4 Å². The average molecular weight is 391 g/mol. The number of carbonyl (C=O) groups excluding carboxylic acids is 2. The number of benzene rings is 1. The Morgan fingerprint density at radius 2 is 1.93 bits per heavy atom. The van der Waals surface area contributed by atoms with Crippen LogP contribution >= 0.6 is 0 Å². The zero-order valence-corrected chi connectivity index (χ0v) is 16.0. The molecule has 3 heterocycles. The van der Waals surface area contributed by atoms with Crippen LogP contribution in [0.15, 0.2) is 47.3 Å². The molecule has 8 nitrogen and oxygen atoms in total. The molecule has 148 valence electrons. The van der Waals surface area contributed by atoms with E-state index in [2.05, 4.69) is 20.5 Å². The molecule has 3 aromatic rings. The van der Waals surface area contributed by atoms with Gasteiger partial charge in [0.15, 0.2) is 5.69 Å². The van der Waals surface area contributed by atoms with E-state index >= 15 is 0 Å². The number of nitrogens with zero attached hydrogens (tertiary/aromatic N) is 3. The predicted molar refractivity (Wildman–Crippen MR) is 109 cm³/mol. The number of hydrogen-bond donors (Lipinski definition) is 2. The fourth-order valence-corrected chi connectivity index (χ4v) is 3.64. The Kier molecular flexibility index (Phi) is 5.07. The van der Waals surface area contributed by atoms with E-state index in [-0.39, 0.29) is 29.0 Å². The summed E-state index contributed by atoms with van der Waals surface area (Å²) in [5, 5.41) is 10.2. The van der Waals surface area contributed by atoms with Gasteiger partial charge in [-0.15, -0.1) is 0 Å². The van der Waals surface area contributed by atoms with Gasteiger partial charge in [0.1, 0.15) is 5.82 Å².